The van der Waals surface area contributed by atoms with E-state index in [1.807, 2.05) is 30.0 Å². The zero-order valence-electron chi connectivity index (χ0n) is 21.2. The summed E-state index contributed by atoms with van der Waals surface area (Å²) < 4.78 is 5.36. The van der Waals surface area contributed by atoms with Crippen molar-refractivity contribution in [3.8, 4) is 0 Å². The molecule has 2 fully saturated rings. The minimum Gasteiger partial charge on any atom is -0.404 e. The van der Waals surface area contributed by atoms with Crippen molar-refractivity contribution >= 4 is 29.3 Å². The van der Waals surface area contributed by atoms with Gasteiger partial charge >= 0.3 is 0 Å². The molecule has 2 amide bonds. The van der Waals surface area contributed by atoms with E-state index in [0.717, 1.165) is 42.4 Å². The van der Waals surface area contributed by atoms with Crippen LogP contribution in [-0.2, 0) is 9.53 Å². The van der Waals surface area contributed by atoms with Crippen LogP contribution in [0.1, 0.15) is 58.6 Å². The fourth-order valence-corrected chi connectivity index (χ4v) is 4.98. The molecule has 36 heavy (non-hydrogen) atoms. The van der Waals surface area contributed by atoms with E-state index in [0.29, 0.717) is 43.5 Å². The molecule has 2 saturated heterocycles. The minimum atomic E-state index is -0.0386. The van der Waals surface area contributed by atoms with Gasteiger partial charge in [0.15, 0.2) is 0 Å². The number of piperidine rings is 1. The molecule has 2 aromatic rings. The number of nitrogens with two attached hydrogens (primary N) is 1. The number of carbonyl (C=O) groups is 2. The van der Waals surface area contributed by atoms with Crippen molar-refractivity contribution in [1.29, 1.82) is 0 Å². The first-order chi connectivity index (χ1) is 17.5. The number of likely N-dealkylation sites (tertiary alicyclic amines) is 1. The molecule has 2 aromatic carbocycles. The summed E-state index contributed by atoms with van der Waals surface area (Å²) in [4.78, 5) is 32.0. The molecule has 3 N–H and O–H groups in total. The molecule has 7 heteroatoms. The second-order valence-corrected chi connectivity index (χ2v) is 9.60. The van der Waals surface area contributed by atoms with Gasteiger partial charge in [0.25, 0.3) is 5.91 Å². The Balaban J connectivity index is 1.36. The second-order valence-electron chi connectivity index (χ2n) is 9.60. The van der Waals surface area contributed by atoms with E-state index in [9.17, 15) is 9.59 Å². The third kappa shape index (κ3) is 6.02. The Morgan fingerprint density at radius 3 is 2.33 bits per heavy atom. The summed E-state index contributed by atoms with van der Waals surface area (Å²) in [6.45, 7) is 4.61. The maximum absolute atomic E-state index is 13.3. The van der Waals surface area contributed by atoms with Crippen LogP contribution in [0.4, 0.5) is 5.69 Å². The van der Waals surface area contributed by atoms with Gasteiger partial charge in [-0.05, 0) is 67.3 Å². The van der Waals surface area contributed by atoms with Crippen molar-refractivity contribution < 1.29 is 14.3 Å². The number of allylic oxidation sites excluding steroid dienone is 1. The number of carbonyl (C=O) groups excluding carboxylic acids is 2. The number of hydrogen-bond donors (Lipinski definition) is 2. The van der Waals surface area contributed by atoms with E-state index in [4.69, 9.17) is 10.5 Å². The third-order valence-corrected chi connectivity index (χ3v) is 7.28. The van der Waals surface area contributed by atoms with Gasteiger partial charge in [-0.1, -0.05) is 30.3 Å². The molecule has 2 aliphatic rings. The molecule has 2 aliphatic heterocycles. The lowest BCUT2D eigenvalue weighted by Crippen LogP contribution is -2.38. The van der Waals surface area contributed by atoms with Crippen LogP contribution in [0.3, 0.4) is 0 Å². The predicted molar refractivity (Wildman–Crippen MR) is 144 cm³/mol. The summed E-state index contributed by atoms with van der Waals surface area (Å²) in [7, 11) is 1.73. The number of ether oxygens (including phenoxy) is 1. The zero-order chi connectivity index (χ0) is 25.5. The summed E-state index contributed by atoms with van der Waals surface area (Å²) in [5, 5.41) is 3.05. The van der Waals surface area contributed by atoms with E-state index in [-0.39, 0.29) is 17.7 Å². The van der Waals surface area contributed by atoms with Crippen LogP contribution < -0.4 is 11.1 Å². The first kappa shape index (κ1) is 25.6. The Labute approximate surface area is 213 Å². The first-order valence-corrected chi connectivity index (χ1v) is 12.7. The lowest BCUT2D eigenvalue weighted by molar-refractivity contribution is -0.122. The average molecular weight is 489 g/mol. The monoisotopic (exact) mass is 488 g/mol. The van der Waals surface area contributed by atoms with Gasteiger partial charge in [-0.3, -0.25) is 14.6 Å². The van der Waals surface area contributed by atoms with Crippen LogP contribution in [0.15, 0.2) is 53.7 Å². The van der Waals surface area contributed by atoms with Crippen molar-refractivity contribution in [2.24, 2.45) is 16.6 Å². The molecule has 0 radical (unpaired) electrons. The highest BCUT2D eigenvalue weighted by Gasteiger charge is 2.26. The highest BCUT2D eigenvalue weighted by Crippen LogP contribution is 2.30. The topological polar surface area (TPSA) is 97.0 Å². The zero-order valence-corrected chi connectivity index (χ0v) is 21.2. The van der Waals surface area contributed by atoms with E-state index in [1.54, 1.807) is 19.5 Å². The van der Waals surface area contributed by atoms with Crippen molar-refractivity contribution in [3.05, 3.63) is 70.9 Å². The van der Waals surface area contributed by atoms with Gasteiger partial charge in [-0.25, -0.2) is 0 Å². The molecule has 0 unspecified atom stereocenters. The van der Waals surface area contributed by atoms with Crippen LogP contribution in [-0.4, -0.2) is 56.3 Å². The normalized spacial score (nSPS) is 17.9. The summed E-state index contributed by atoms with van der Waals surface area (Å²) >= 11 is 0. The molecule has 0 bridgehead atoms. The molecule has 0 aromatic heterocycles. The fourth-order valence-electron chi connectivity index (χ4n) is 4.98. The largest absolute Gasteiger partial charge is 0.404 e. The highest BCUT2D eigenvalue weighted by molar-refractivity contribution is 6.09. The maximum Gasteiger partial charge on any atom is 0.253 e. The first-order valence-electron chi connectivity index (χ1n) is 12.7. The van der Waals surface area contributed by atoms with Crippen LogP contribution in [0.5, 0.6) is 0 Å². The quantitative estimate of drug-likeness (QED) is 0.590. The third-order valence-electron chi connectivity index (χ3n) is 7.28. The van der Waals surface area contributed by atoms with E-state index >= 15 is 0 Å². The van der Waals surface area contributed by atoms with Crippen molar-refractivity contribution in [2.45, 2.75) is 38.5 Å². The number of aliphatic imine (C=N–C) groups is 1. The summed E-state index contributed by atoms with van der Waals surface area (Å²) in [6, 6.07) is 14.0. The second kappa shape index (κ2) is 12.0. The predicted octanol–water partition coefficient (Wildman–Crippen LogP) is 4.38. The average Bonchev–Trinajstić information content (AvgIpc) is 2.93. The number of amides is 2. The Kier molecular flexibility index (Phi) is 8.54. The molecule has 2 heterocycles. The fraction of sp³-hybridized carbons (Fsp3) is 0.414. The number of nitrogens with one attached hydrogen (secondary N) is 1. The van der Waals surface area contributed by atoms with Gasteiger partial charge in [-0.15, -0.1) is 0 Å². The summed E-state index contributed by atoms with van der Waals surface area (Å²) in [6.07, 6.45) is 6.63. The van der Waals surface area contributed by atoms with Crippen molar-refractivity contribution in [3.63, 3.8) is 0 Å². The van der Waals surface area contributed by atoms with Crippen LogP contribution >= 0.6 is 0 Å². The van der Waals surface area contributed by atoms with Crippen molar-refractivity contribution in [1.82, 2.24) is 4.90 Å². The van der Waals surface area contributed by atoms with Gasteiger partial charge < -0.3 is 20.7 Å². The number of nitrogens with zero attached hydrogens (tertiary/aromatic N) is 2. The highest BCUT2D eigenvalue weighted by atomic mass is 16.5. The van der Waals surface area contributed by atoms with Gasteiger partial charge in [0.1, 0.15) is 0 Å². The summed E-state index contributed by atoms with van der Waals surface area (Å²) in [5.74, 6) is 0.403. The Morgan fingerprint density at radius 1 is 1.03 bits per heavy atom. The number of aryl methyl sites for hydroxylation is 1. The number of rotatable bonds is 6. The molecule has 0 saturated carbocycles. The maximum atomic E-state index is 13.3. The molecular weight excluding hydrogens is 452 g/mol. The molecule has 4 rings (SSSR count). The molecule has 7 nitrogen and oxygen atoms in total. The number of benzene rings is 2. The van der Waals surface area contributed by atoms with Gasteiger partial charge in [0.05, 0.1) is 0 Å². The van der Waals surface area contributed by atoms with E-state index in [2.05, 4.69) is 34.6 Å². The van der Waals surface area contributed by atoms with Crippen LogP contribution in [0.25, 0.3) is 5.57 Å². The number of anilines is 1. The van der Waals surface area contributed by atoms with Crippen molar-refractivity contribution in [2.75, 3.05) is 38.7 Å². The van der Waals surface area contributed by atoms with E-state index < -0.39 is 0 Å². The molecule has 190 valence electrons. The molecule has 0 spiro atoms. The van der Waals surface area contributed by atoms with Gasteiger partial charge in [0.2, 0.25) is 5.91 Å². The standard InChI is InChI=1S/C29H36N4O3/c1-20-3-4-25(17-27(20)32-28(34)24-11-15-36-16-12-24)29(35)33-13-9-23(10-14-33)21-5-7-22(8-6-21)26(18-30)19-31-2/h3-8,17-19,23-24H,9-16,30H2,1-2H3,(H,32,34). The minimum absolute atomic E-state index is 0.00823. The Hall–Kier alpha value is -3.45. The van der Waals surface area contributed by atoms with Gasteiger partial charge in [-0.2, -0.15) is 0 Å². The SMILES string of the molecule is CN=CC(=CN)c1ccc(C2CCN(C(=O)c3ccc(C)c(NC(=O)C4CCOCC4)c3)CC2)cc1. The number of hydrogen-bond acceptors (Lipinski definition) is 5. The molecular formula is C29H36N4O3. The van der Waals surface area contributed by atoms with Crippen LogP contribution in [0.2, 0.25) is 0 Å². The van der Waals surface area contributed by atoms with Gasteiger partial charge in [0, 0.05) is 68.5 Å². The Morgan fingerprint density at radius 2 is 1.69 bits per heavy atom. The smallest absolute Gasteiger partial charge is 0.253 e. The Bertz CT molecular complexity index is 1130. The van der Waals surface area contributed by atoms with Crippen LogP contribution in [0, 0.1) is 12.8 Å². The lowest BCUT2D eigenvalue weighted by Gasteiger charge is -2.32. The summed E-state index contributed by atoms with van der Waals surface area (Å²) in [5.41, 5.74) is 11.2. The van der Waals surface area contributed by atoms with E-state index in [1.165, 1.54) is 5.56 Å². The lowest BCUT2D eigenvalue weighted by atomic mass is 9.88. The molecule has 0 aliphatic carbocycles. The molecule has 0 atom stereocenters.